The predicted molar refractivity (Wildman–Crippen MR) is 61.8 cm³/mol. The maximum Gasteiger partial charge on any atom is 0.446 e. The van der Waals surface area contributed by atoms with E-state index in [2.05, 4.69) is 40.5 Å². The molecule has 0 aromatic rings. The molecule has 0 aromatic carbocycles. The van der Waals surface area contributed by atoms with Gasteiger partial charge in [0.1, 0.15) is 0 Å². The van der Waals surface area contributed by atoms with E-state index in [1.165, 1.54) is 0 Å². The lowest BCUT2D eigenvalue weighted by atomic mass is 10.5. The molecule has 0 saturated carbocycles. The van der Waals surface area contributed by atoms with E-state index in [4.69, 9.17) is 0 Å². The number of carbonyl (C=O) groups is 3. The summed E-state index contributed by atoms with van der Waals surface area (Å²) < 4.78 is 13.9. The monoisotopic (exact) mass is 252 g/mol. The van der Waals surface area contributed by atoms with Crippen molar-refractivity contribution in [3.05, 3.63) is 50.6 Å². The first-order valence-electron chi connectivity index (χ1n) is 4.62. The highest BCUT2D eigenvalue weighted by Crippen LogP contribution is 2.19. The molecule has 0 amide bonds. The zero-order chi connectivity index (χ0) is 14.2. The van der Waals surface area contributed by atoms with Gasteiger partial charge in [-0.25, -0.2) is 14.4 Å². The summed E-state index contributed by atoms with van der Waals surface area (Å²) in [7, 11) is 0. The first-order chi connectivity index (χ1) is 8.42. The second-order valence-electron chi connectivity index (χ2n) is 2.68. The molecule has 18 heavy (non-hydrogen) atoms. The Hall–Kier alpha value is -2.63. The van der Waals surface area contributed by atoms with E-state index in [1.54, 1.807) is 0 Å². The van der Waals surface area contributed by atoms with Crippen molar-refractivity contribution in [1.82, 2.24) is 0 Å². The van der Waals surface area contributed by atoms with Gasteiger partial charge in [0, 0.05) is 24.3 Å². The van der Waals surface area contributed by atoms with Gasteiger partial charge in [0.25, 0.3) is 0 Å². The summed E-state index contributed by atoms with van der Waals surface area (Å²) in [4.78, 5) is 33.3. The Bertz CT molecular complexity index is 352. The molecule has 0 rings (SSSR count). The van der Waals surface area contributed by atoms with E-state index in [1.807, 2.05) is 0 Å². The number of hydrogen-bond donors (Lipinski definition) is 0. The SMILES string of the molecule is C=CC(=O)OC(C=C)(OC(=O)C=C)OC(=O)C=C. The van der Waals surface area contributed by atoms with E-state index >= 15 is 0 Å². The second kappa shape index (κ2) is 6.85. The second-order valence-corrected chi connectivity index (χ2v) is 2.68. The molecule has 0 heterocycles. The largest absolute Gasteiger partial charge is 0.446 e. The molecule has 0 saturated heterocycles. The average molecular weight is 252 g/mol. The van der Waals surface area contributed by atoms with Gasteiger partial charge in [0.2, 0.25) is 0 Å². The van der Waals surface area contributed by atoms with E-state index in [9.17, 15) is 14.4 Å². The third-order valence-electron chi connectivity index (χ3n) is 1.48. The molecule has 6 nitrogen and oxygen atoms in total. The molecule has 96 valence electrons. The Balaban J connectivity index is 5.22. The summed E-state index contributed by atoms with van der Waals surface area (Å²) in [6, 6.07) is 0. The van der Waals surface area contributed by atoms with Gasteiger partial charge in [-0.2, -0.15) is 0 Å². The number of carbonyl (C=O) groups excluding carboxylic acids is 3. The average Bonchev–Trinajstić information content (AvgIpc) is 2.37. The lowest BCUT2D eigenvalue weighted by molar-refractivity contribution is -0.297. The fourth-order valence-electron chi connectivity index (χ4n) is 0.733. The first-order valence-corrected chi connectivity index (χ1v) is 4.62. The van der Waals surface area contributed by atoms with Gasteiger partial charge in [-0.05, 0) is 0 Å². The van der Waals surface area contributed by atoms with Crippen LogP contribution < -0.4 is 0 Å². The minimum atomic E-state index is -2.39. The summed E-state index contributed by atoms with van der Waals surface area (Å²) in [5.74, 6) is -5.34. The van der Waals surface area contributed by atoms with Crippen molar-refractivity contribution in [2.24, 2.45) is 0 Å². The Labute approximate surface area is 104 Å². The lowest BCUT2D eigenvalue weighted by Crippen LogP contribution is -2.41. The molecular formula is C12H12O6. The van der Waals surface area contributed by atoms with Crippen LogP contribution in [0, 0.1) is 0 Å². The molecule has 0 unspecified atom stereocenters. The number of hydrogen-bond acceptors (Lipinski definition) is 6. The molecule has 0 aliphatic rings. The molecule has 0 aliphatic heterocycles. The number of esters is 3. The lowest BCUT2D eigenvalue weighted by Gasteiger charge is -2.26. The Kier molecular flexibility index (Phi) is 5.85. The fourth-order valence-corrected chi connectivity index (χ4v) is 0.733. The zero-order valence-corrected chi connectivity index (χ0v) is 9.59. The highest BCUT2D eigenvalue weighted by atomic mass is 16.9. The maximum atomic E-state index is 11.1. The van der Waals surface area contributed by atoms with Gasteiger partial charge in [-0.1, -0.05) is 26.3 Å². The molecule has 0 radical (unpaired) electrons. The molecule has 6 heteroatoms. The van der Waals surface area contributed by atoms with Gasteiger partial charge >= 0.3 is 23.9 Å². The highest BCUT2D eigenvalue weighted by Gasteiger charge is 2.39. The third kappa shape index (κ3) is 4.48. The maximum absolute atomic E-state index is 11.1. The van der Waals surface area contributed by atoms with Crippen LogP contribution in [-0.4, -0.2) is 23.9 Å². The number of rotatable bonds is 7. The topological polar surface area (TPSA) is 78.9 Å². The summed E-state index contributed by atoms with van der Waals surface area (Å²) in [6.45, 7) is 12.7. The van der Waals surface area contributed by atoms with Crippen LogP contribution in [0.1, 0.15) is 0 Å². The Morgan fingerprint density at radius 1 is 0.722 bits per heavy atom. The quantitative estimate of drug-likeness (QED) is 0.291. The molecule has 0 spiro atoms. The Morgan fingerprint density at radius 2 is 1.00 bits per heavy atom. The first kappa shape index (κ1) is 15.4. The smallest absolute Gasteiger partial charge is 0.381 e. The van der Waals surface area contributed by atoms with Crippen LogP contribution in [0.2, 0.25) is 0 Å². The van der Waals surface area contributed by atoms with E-state index in [-0.39, 0.29) is 0 Å². The van der Waals surface area contributed by atoms with Crippen LogP contribution >= 0.6 is 0 Å². The summed E-state index contributed by atoms with van der Waals surface area (Å²) in [6.07, 6.45) is 3.20. The molecule has 0 aliphatic carbocycles. The van der Waals surface area contributed by atoms with Crippen molar-refractivity contribution in [3.63, 3.8) is 0 Å². The van der Waals surface area contributed by atoms with Crippen molar-refractivity contribution in [1.29, 1.82) is 0 Å². The summed E-state index contributed by atoms with van der Waals surface area (Å²) in [5, 5.41) is 0. The van der Waals surface area contributed by atoms with Crippen LogP contribution in [0.5, 0.6) is 0 Å². The zero-order valence-electron chi connectivity index (χ0n) is 9.59. The highest BCUT2D eigenvalue weighted by molar-refractivity contribution is 5.85. The van der Waals surface area contributed by atoms with Crippen LogP contribution in [0.25, 0.3) is 0 Å². The van der Waals surface area contributed by atoms with E-state index in [0.717, 1.165) is 24.3 Å². The molecule has 0 N–H and O–H groups in total. The van der Waals surface area contributed by atoms with Gasteiger partial charge in [-0.15, -0.1) is 0 Å². The van der Waals surface area contributed by atoms with E-state index < -0.39 is 23.9 Å². The van der Waals surface area contributed by atoms with Crippen molar-refractivity contribution in [3.8, 4) is 0 Å². The van der Waals surface area contributed by atoms with Crippen LogP contribution in [0.4, 0.5) is 0 Å². The molecule has 0 fully saturated rings. The van der Waals surface area contributed by atoms with Gasteiger partial charge in [-0.3, -0.25) is 0 Å². The van der Waals surface area contributed by atoms with Gasteiger partial charge in [0.05, 0.1) is 0 Å². The van der Waals surface area contributed by atoms with Gasteiger partial charge in [0.15, 0.2) is 0 Å². The minimum Gasteiger partial charge on any atom is -0.381 e. The van der Waals surface area contributed by atoms with Crippen molar-refractivity contribution in [2.75, 3.05) is 0 Å². The molecular weight excluding hydrogens is 240 g/mol. The molecule has 0 bridgehead atoms. The van der Waals surface area contributed by atoms with E-state index in [0.29, 0.717) is 0 Å². The van der Waals surface area contributed by atoms with Crippen LogP contribution in [0.3, 0.4) is 0 Å². The molecule has 0 atom stereocenters. The minimum absolute atomic E-state index is 0.793. The summed E-state index contributed by atoms with van der Waals surface area (Å²) >= 11 is 0. The normalized spacial score (nSPS) is 9.56. The number of ether oxygens (including phenoxy) is 3. The van der Waals surface area contributed by atoms with Crippen molar-refractivity contribution in [2.45, 2.75) is 5.97 Å². The van der Waals surface area contributed by atoms with Crippen LogP contribution in [0.15, 0.2) is 50.6 Å². The van der Waals surface area contributed by atoms with Crippen LogP contribution in [-0.2, 0) is 28.6 Å². The predicted octanol–water partition coefficient (Wildman–Crippen LogP) is 1.01. The van der Waals surface area contributed by atoms with Crippen molar-refractivity contribution < 1.29 is 28.6 Å². The standard InChI is InChI=1S/C12H12O6/c1-5-9(13)16-12(8-4,17-10(14)6-2)18-11(15)7-3/h5-8H,1-4H2. The summed E-state index contributed by atoms with van der Waals surface area (Å²) in [5.41, 5.74) is 0. The van der Waals surface area contributed by atoms with Gasteiger partial charge < -0.3 is 14.2 Å². The third-order valence-corrected chi connectivity index (χ3v) is 1.48. The fraction of sp³-hybridized carbons (Fsp3) is 0.0833. The Morgan fingerprint density at radius 3 is 1.17 bits per heavy atom. The van der Waals surface area contributed by atoms with Crippen molar-refractivity contribution >= 4 is 17.9 Å². The molecule has 0 aromatic heterocycles.